The normalized spacial score (nSPS) is 11.7. The van der Waals surface area contributed by atoms with Gasteiger partial charge in [0.05, 0.1) is 6.17 Å². The Morgan fingerprint density at radius 2 is 1.95 bits per heavy atom. The first-order valence-electron chi connectivity index (χ1n) is 7.45. The Morgan fingerprint density at radius 3 is 2.71 bits per heavy atom. The zero-order valence-electron chi connectivity index (χ0n) is 12.5. The molecule has 2 aromatic carbocycles. The van der Waals surface area contributed by atoms with E-state index in [2.05, 4.69) is 48.8 Å². The van der Waals surface area contributed by atoms with Crippen LogP contribution in [0.4, 0.5) is 4.39 Å². The number of fused-ring (bicyclic) bond motifs is 1. The van der Waals surface area contributed by atoms with Gasteiger partial charge in [-0.2, -0.15) is 0 Å². The van der Waals surface area contributed by atoms with E-state index >= 15 is 0 Å². The van der Waals surface area contributed by atoms with Crippen molar-refractivity contribution in [3.8, 4) is 11.8 Å². The molecule has 108 valence electrons. The van der Waals surface area contributed by atoms with E-state index in [1.807, 2.05) is 12.1 Å². The van der Waals surface area contributed by atoms with Crippen molar-refractivity contribution in [2.45, 2.75) is 38.8 Å². The van der Waals surface area contributed by atoms with Gasteiger partial charge >= 0.3 is 0 Å². The lowest BCUT2D eigenvalue weighted by atomic mass is 10.0. The third kappa shape index (κ3) is 4.76. The molecule has 0 heterocycles. The molecule has 1 heteroatoms. The standard InChI is InChI=1S/C20H21F/c1-3-7-17-10-12-20-15-18(11-13-19(20)14-17)9-6-4-5-8-16(2)21/h3,10-16H,1,4-5,7-8H2,2H3. The third-order valence-corrected chi connectivity index (χ3v) is 3.42. The van der Waals surface area contributed by atoms with Crippen LogP contribution in [0.25, 0.3) is 10.8 Å². The monoisotopic (exact) mass is 280 g/mol. The lowest BCUT2D eigenvalue weighted by molar-refractivity contribution is 0.336. The molecule has 0 radical (unpaired) electrons. The summed E-state index contributed by atoms with van der Waals surface area (Å²) in [6.07, 6.45) is 4.26. The highest BCUT2D eigenvalue weighted by molar-refractivity contribution is 5.84. The summed E-state index contributed by atoms with van der Waals surface area (Å²) in [4.78, 5) is 0. The van der Waals surface area contributed by atoms with Gasteiger partial charge in [0.1, 0.15) is 0 Å². The van der Waals surface area contributed by atoms with Crippen molar-refractivity contribution >= 4 is 10.8 Å². The Balaban J connectivity index is 2.07. The molecule has 0 nitrogen and oxygen atoms in total. The van der Waals surface area contributed by atoms with E-state index in [9.17, 15) is 4.39 Å². The van der Waals surface area contributed by atoms with Gasteiger partial charge in [0, 0.05) is 12.0 Å². The number of allylic oxidation sites excluding steroid dienone is 1. The van der Waals surface area contributed by atoms with E-state index < -0.39 is 6.17 Å². The first kappa shape index (κ1) is 15.3. The van der Waals surface area contributed by atoms with Gasteiger partial charge in [0.25, 0.3) is 0 Å². The average molecular weight is 280 g/mol. The lowest BCUT2D eigenvalue weighted by Crippen LogP contribution is -1.90. The summed E-state index contributed by atoms with van der Waals surface area (Å²) in [7, 11) is 0. The molecule has 0 fully saturated rings. The van der Waals surface area contributed by atoms with E-state index in [0.29, 0.717) is 6.42 Å². The van der Waals surface area contributed by atoms with Gasteiger partial charge in [-0.1, -0.05) is 42.2 Å². The highest BCUT2D eigenvalue weighted by atomic mass is 19.1. The molecule has 1 unspecified atom stereocenters. The molecular formula is C20H21F. The van der Waals surface area contributed by atoms with Crippen LogP contribution >= 0.6 is 0 Å². The van der Waals surface area contributed by atoms with Gasteiger partial charge in [-0.3, -0.25) is 0 Å². The number of halogens is 1. The van der Waals surface area contributed by atoms with Crippen molar-refractivity contribution < 1.29 is 4.39 Å². The number of hydrogen-bond donors (Lipinski definition) is 0. The number of alkyl halides is 1. The van der Waals surface area contributed by atoms with Crippen molar-refractivity contribution in [1.82, 2.24) is 0 Å². The van der Waals surface area contributed by atoms with E-state index in [1.54, 1.807) is 6.92 Å². The summed E-state index contributed by atoms with van der Waals surface area (Å²) in [5.41, 5.74) is 2.30. The highest BCUT2D eigenvalue weighted by Gasteiger charge is 1.97. The molecular weight excluding hydrogens is 259 g/mol. The second-order valence-corrected chi connectivity index (χ2v) is 5.36. The third-order valence-electron chi connectivity index (χ3n) is 3.42. The van der Waals surface area contributed by atoms with Crippen molar-refractivity contribution in [1.29, 1.82) is 0 Å². The van der Waals surface area contributed by atoms with Crippen molar-refractivity contribution in [3.63, 3.8) is 0 Å². The maximum atomic E-state index is 12.7. The van der Waals surface area contributed by atoms with E-state index in [1.165, 1.54) is 16.3 Å². The Hall–Kier alpha value is -2.07. The van der Waals surface area contributed by atoms with Crippen LogP contribution in [-0.4, -0.2) is 6.17 Å². The fourth-order valence-corrected chi connectivity index (χ4v) is 2.30. The Bertz CT molecular complexity index is 671. The molecule has 0 aliphatic rings. The largest absolute Gasteiger partial charge is 0.248 e. The molecule has 2 aromatic rings. The molecule has 0 saturated heterocycles. The second-order valence-electron chi connectivity index (χ2n) is 5.36. The molecule has 1 atom stereocenters. The van der Waals surface area contributed by atoms with Gasteiger partial charge in [-0.25, -0.2) is 4.39 Å². The molecule has 0 bridgehead atoms. The van der Waals surface area contributed by atoms with Gasteiger partial charge in [0.2, 0.25) is 0 Å². The van der Waals surface area contributed by atoms with E-state index in [4.69, 9.17) is 0 Å². The average Bonchev–Trinajstić information content (AvgIpc) is 2.47. The summed E-state index contributed by atoms with van der Waals surface area (Å²) in [5.74, 6) is 6.29. The summed E-state index contributed by atoms with van der Waals surface area (Å²) in [6.45, 7) is 5.36. The Kier molecular flexibility index (Phi) is 5.58. The van der Waals surface area contributed by atoms with Crippen molar-refractivity contribution in [3.05, 3.63) is 60.2 Å². The zero-order valence-corrected chi connectivity index (χ0v) is 12.5. The minimum Gasteiger partial charge on any atom is -0.248 e. The van der Waals surface area contributed by atoms with Gasteiger partial charge in [-0.15, -0.1) is 6.58 Å². The summed E-state index contributed by atoms with van der Waals surface area (Å²) < 4.78 is 12.7. The van der Waals surface area contributed by atoms with Gasteiger partial charge < -0.3 is 0 Å². The van der Waals surface area contributed by atoms with Crippen molar-refractivity contribution in [2.75, 3.05) is 0 Å². The molecule has 0 aliphatic carbocycles. The van der Waals surface area contributed by atoms with Crippen LogP contribution in [0.5, 0.6) is 0 Å². The van der Waals surface area contributed by atoms with E-state index in [0.717, 1.165) is 24.8 Å². The number of unbranched alkanes of at least 4 members (excludes halogenated alkanes) is 1. The van der Waals surface area contributed by atoms with Crippen molar-refractivity contribution in [2.24, 2.45) is 0 Å². The number of hydrogen-bond acceptors (Lipinski definition) is 0. The first-order valence-corrected chi connectivity index (χ1v) is 7.45. The maximum absolute atomic E-state index is 12.7. The molecule has 0 aliphatic heterocycles. The number of benzene rings is 2. The minimum atomic E-state index is -0.725. The molecule has 0 aromatic heterocycles. The first-order chi connectivity index (χ1) is 10.2. The molecule has 0 N–H and O–H groups in total. The second kappa shape index (κ2) is 7.64. The summed E-state index contributed by atoms with van der Waals surface area (Å²) in [6, 6.07) is 12.7. The summed E-state index contributed by atoms with van der Waals surface area (Å²) in [5, 5.41) is 2.43. The lowest BCUT2D eigenvalue weighted by Gasteiger charge is -2.02. The Morgan fingerprint density at radius 1 is 1.19 bits per heavy atom. The van der Waals surface area contributed by atoms with Crippen LogP contribution < -0.4 is 0 Å². The Labute approximate surface area is 126 Å². The maximum Gasteiger partial charge on any atom is 0.0973 e. The SMILES string of the molecule is C=CCc1ccc2cc(C#CCCCC(C)F)ccc2c1. The topological polar surface area (TPSA) is 0 Å². The zero-order chi connectivity index (χ0) is 15.1. The predicted octanol–water partition coefficient (Wildman–Crippen LogP) is 5.45. The molecule has 0 saturated carbocycles. The minimum absolute atomic E-state index is 0.596. The fourth-order valence-electron chi connectivity index (χ4n) is 2.30. The van der Waals surface area contributed by atoms with Crippen LogP contribution in [0.1, 0.15) is 37.3 Å². The smallest absolute Gasteiger partial charge is 0.0973 e. The van der Waals surface area contributed by atoms with Crippen LogP contribution in [0.15, 0.2) is 49.1 Å². The molecule has 0 amide bonds. The molecule has 2 rings (SSSR count). The van der Waals surface area contributed by atoms with Crippen LogP contribution in [0.2, 0.25) is 0 Å². The summed E-state index contributed by atoms with van der Waals surface area (Å²) >= 11 is 0. The van der Waals surface area contributed by atoms with Crippen LogP contribution in [0.3, 0.4) is 0 Å². The quantitative estimate of drug-likeness (QED) is 0.388. The van der Waals surface area contributed by atoms with E-state index in [-0.39, 0.29) is 0 Å². The fraction of sp³-hybridized carbons (Fsp3) is 0.300. The van der Waals surface area contributed by atoms with Crippen LogP contribution in [-0.2, 0) is 6.42 Å². The van der Waals surface area contributed by atoms with Crippen LogP contribution in [0, 0.1) is 11.8 Å². The molecule has 21 heavy (non-hydrogen) atoms. The predicted molar refractivity (Wildman–Crippen MR) is 89.1 cm³/mol. The molecule has 0 spiro atoms. The van der Waals surface area contributed by atoms with Gasteiger partial charge in [0.15, 0.2) is 0 Å². The number of rotatable bonds is 5. The highest BCUT2D eigenvalue weighted by Crippen LogP contribution is 2.18. The van der Waals surface area contributed by atoms with Gasteiger partial charge in [-0.05, 0) is 54.7 Å².